The molecule has 0 aliphatic heterocycles. The van der Waals surface area contributed by atoms with Crippen LogP contribution in [0.3, 0.4) is 0 Å². The lowest BCUT2D eigenvalue weighted by molar-refractivity contribution is 0.0724. The summed E-state index contributed by atoms with van der Waals surface area (Å²) in [6, 6.07) is 0.198. The highest BCUT2D eigenvalue weighted by atomic mass is 16.5. The number of hydrogen-bond acceptors (Lipinski definition) is 3. The SMILES string of the molecule is CC[C@H](CCC(OC)C1CC1)NC(=O)OC. The van der Waals surface area contributed by atoms with Gasteiger partial charge in [-0.25, -0.2) is 4.79 Å². The first-order valence-corrected chi connectivity index (χ1v) is 6.08. The van der Waals surface area contributed by atoms with E-state index in [1.54, 1.807) is 7.11 Å². The third-order valence-electron chi connectivity index (χ3n) is 3.25. The molecule has 0 radical (unpaired) electrons. The average molecular weight is 229 g/mol. The molecule has 0 aromatic heterocycles. The van der Waals surface area contributed by atoms with Gasteiger partial charge in [0, 0.05) is 13.2 Å². The van der Waals surface area contributed by atoms with Crippen LogP contribution in [0, 0.1) is 5.92 Å². The Bertz CT molecular complexity index is 216. The second-order valence-electron chi connectivity index (χ2n) is 4.43. The van der Waals surface area contributed by atoms with Crippen LogP contribution in [-0.2, 0) is 9.47 Å². The van der Waals surface area contributed by atoms with E-state index in [9.17, 15) is 4.79 Å². The molecule has 94 valence electrons. The fourth-order valence-corrected chi connectivity index (χ4v) is 1.98. The van der Waals surface area contributed by atoms with E-state index in [0.717, 1.165) is 25.2 Å². The summed E-state index contributed by atoms with van der Waals surface area (Å²) in [6.45, 7) is 2.07. The maximum atomic E-state index is 11.1. The van der Waals surface area contributed by atoms with E-state index in [1.807, 2.05) is 0 Å². The van der Waals surface area contributed by atoms with Gasteiger partial charge in [0.2, 0.25) is 0 Å². The van der Waals surface area contributed by atoms with Crippen molar-refractivity contribution in [2.75, 3.05) is 14.2 Å². The zero-order chi connectivity index (χ0) is 12.0. The van der Waals surface area contributed by atoms with Gasteiger partial charge in [-0.15, -0.1) is 0 Å². The number of carbonyl (C=O) groups is 1. The molecule has 1 amide bonds. The van der Waals surface area contributed by atoms with Crippen molar-refractivity contribution in [2.24, 2.45) is 5.92 Å². The van der Waals surface area contributed by atoms with E-state index < -0.39 is 0 Å². The molecule has 2 atom stereocenters. The number of carbonyl (C=O) groups excluding carboxylic acids is 1. The van der Waals surface area contributed by atoms with Gasteiger partial charge >= 0.3 is 6.09 Å². The summed E-state index contributed by atoms with van der Waals surface area (Å²) in [5.41, 5.74) is 0. The van der Waals surface area contributed by atoms with E-state index in [2.05, 4.69) is 17.0 Å². The quantitative estimate of drug-likeness (QED) is 0.729. The van der Waals surface area contributed by atoms with Gasteiger partial charge in [0.05, 0.1) is 13.2 Å². The topological polar surface area (TPSA) is 47.6 Å². The first-order valence-electron chi connectivity index (χ1n) is 6.08. The monoisotopic (exact) mass is 229 g/mol. The molecule has 1 fully saturated rings. The van der Waals surface area contributed by atoms with Crippen molar-refractivity contribution in [2.45, 2.75) is 51.2 Å². The molecule has 0 bridgehead atoms. The van der Waals surface area contributed by atoms with Gasteiger partial charge in [0.25, 0.3) is 0 Å². The summed E-state index contributed by atoms with van der Waals surface area (Å²) in [5, 5.41) is 2.84. The highest BCUT2D eigenvalue weighted by Crippen LogP contribution is 2.36. The standard InChI is InChI=1S/C12H23NO3/c1-4-10(13-12(14)16-3)7-8-11(15-2)9-5-6-9/h9-11H,4-8H2,1-3H3,(H,13,14)/t10-,11?/m1/s1. The Labute approximate surface area is 97.7 Å². The van der Waals surface area contributed by atoms with Gasteiger partial charge in [0.15, 0.2) is 0 Å². The van der Waals surface area contributed by atoms with Gasteiger partial charge in [-0.2, -0.15) is 0 Å². The van der Waals surface area contributed by atoms with Crippen LogP contribution in [-0.4, -0.2) is 32.5 Å². The molecule has 1 saturated carbocycles. The van der Waals surface area contributed by atoms with Crippen LogP contribution in [0.15, 0.2) is 0 Å². The molecule has 4 nitrogen and oxygen atoms in total. The molecule has 16 heavy (non-hydrogen) atoms. The van der Waals surface area contributed by atoms with Gasteiger partial charge in [-0.1, -0.05) is 6.92 Å². The van der Waals surface area contributed by atoms with Crippen molar-refractivity contribution < 1.29 is 14.3 Å². The van der Waals surface area contributed by atoms with Gasteiger partial charge in [-0.3, -0.25) is 0 Å². The van der Waals surface area contributed by atoms with Gasteiger partial charge < -0.3 is 14.8 Å². The number of nitrogens with one attached hydrogen (secondary N) is 1. The smallest absolute Gasteiger partial charge is 0.407 e. The molecule has 0 saturated heterocycles. The number of methoxy groups -OCH3 is 2. The fraction of sp³-hybridized carbons (Fsp3) is 0.917. The van der Waals surface area contributed by atoms with E-state index in [4.69, 9.17) is 4.74 Å². The van der Waals surface area contributed by atoms with Crippen molar-refractivity contribution in [1.82, 2.24) is 5.32 Å². The second-order valence-corrected chi connectivity index (χ2v) is 4.43. The predicted octanol–water partition coefficient (Wildman–Crippen LogP) is 2.33. The second kappa shape index (κ2) is 6.74. The zero-order valence-corrected chi connectivity index (χ0v) is 10.5. The van der Waals surface area contributed by atoms with Crippen LogP contribution in [0.2, 0.25) is 0 Å². The lowest BCUT2D eigenvalue weighted by atomic mass is 10.0. The number of amides is 1. The number of alkyl carbamates (subject to hydrolysis) is 1. The van der Waals surface area contributed by atoms with Crippen LogP contribution in [0.1, 0.15) is 39.0 Å². The molecule has 1 unspecified atom stereocenters. The van der Waals surface area contributed by atoms with Crippen LogP contribution >= 0.6 is 0 Å². The summed E-state index contributed by atoms with van der Waals surface area (Å²) in [4.78, 5) is 11.1. The molecule has 1 N–H and O–H groups in total. The van der Waals surface area contributed by atoms with E-state index in [0.29, 0.717) is 6.10 Å². The van der Waals surface area contributed by atoms with Crippen LogP contribution in [0.25, 0.3) is 0 Å². The van der Waals surface area contributed by atoms with Crippen molar-refractivity contribution in [1.29, 1.82) is 0 Å². The van der Waals surface area contributed by atoms with Crippen LogP contribution < -0.4 is 5.32 Å². The number of rotatable bonds is 7. The Balaban J connectivity index is 2.23. The molecule has 0 spiro atoms. The normalized spacial score (nSPS) is 18.9. The Hall–Kier alpha value is -0.770. The average Bonchev–Trinajstić information content (AvgIpc) is 3.12. The lowest BCUT2D eigenvalue weighted by Gasteiger charge is -2.20. The van der Waals surface area contributed by atoms with Crippen molar-refractivity contribution in [3.63, 3.8) is 0 Å². The Kier molecular flexibility index (Phi) is 5.60. The Morgan fingerprint density at radius 2 is 2.06 bits per heavy atom. The predicted molar refractivity (Wildman–Crippen MR) is 62.4 cm³/mol. The maximum absolute atomic E-state index is 11.1. The first-order chi connectivity index (χ1) is 7.71. The molecule has 4 heteroatoms. The summed E-state index contributed by atoms with van der Waals surface area (Å²) in [6.07, 6.45) is 5.51. The largest absolute Gasteiger partial charge is 0.453 e. The van der Waals surface area contributed by atoms with E-state index in [1.165, 1.54) is 20.0 Å². The number of hydrogen-bond donors (Lipinski definition) is 1. The van der Waals surface area contributed by atoms with Crippen molar-refractivity contribution >= 4 is 6.09 Å². The summed E-state index contributed by atoms with van der Waals surface area (Å²) in [5.74, 6) is 0.751. The van der Waals surface area contributed by atoms with Crippen LogP contribution in [0.4, 0.5) is 4.79 Å². The number of ether oxygens (including phenoxy) is 2. The van der Waals surface area contributed by atoms with Crippen molar-refractivity contribution in [3.05, 3.63) is 0 Å². The zero-order valence-electron chi connectivity index (χ0n) is 10.5. The van der Waals surface area contributed by atoms with E-state index >= 15 is 0 Å². The van der Waals surface area contributed by atoms with Gasteiger partial charge in [-0.05, 0) is 38.0 Å². The minimum atomic E-state index is -0.341. The third kappa shape index (κ3) is 4.39. The minimum absolute atomic E-state index is 0.198. The molecule has 1 rings (SSSR count). The van der Waals surface area contributed by atoms with Crippen LogP contribution in [0.5, 0.6) is 0 Å². The summed E-state index contributed by atoms with van der Waals surface area (Å²) < 4.78 is 10.1. The van der Waals surface area contributed by atoms with E-state index in [-0.39, 0.29) is 12.1 Å². The summed E-state index contributed by atoms with van der Waals surface area (Å²) >= 11 is 0. The summed E-state index contributed by atoms with van der Waals surface area (Å²) in [7, 11) is 3.17. The highest BCUT2D eigenvalue weighted by Gasteiger charge is 2.31. The molecule has 0 aromatic rings. The molecule has 0 aromatic carbocycles. The Morgan fingerprint density at radius 1 is 1.38 bits per heavy atom. The highest BCUT2D eigenvalue weighted by molar-refractivity contribution is 5.67. The molecule has 0 heterocycles. The van der Waals surface area contributed by atoms with Crippen molar-refractivity contribution in [3.8, 4) is 0 Å². The lowest BCUT2D eigenvalue weighted by Crippen LogP contribution is -2.35. The molecule has 1 aliphatic rings. The molecular weight excluding hydrogens is 206 g/mol. The van der Waals surface area contributed by atoms with Gasteiger partial charge in [0.1, 0.15) is 0 Å². The third-order valence-corrected chi connectivity index (χ3v) is 3.25. The molecular formula is C12H23NO3. The maximum Gasteiger partial charge on any atom is 0.407 e. The fourth-order valence-electron chi connectivity index (χ4n) is 1.98. The molecule has 1 aliphatic carbocycles. The Morgan fingerprint density at radius 3 is 2.50 bits per heavy atom. The minimum Gasteiger partial charge on any atom is -0.453 e. The first kappa shape index (κ1) is 13.3.